The van der Waals surface area contributed by atoms with Gasteiger partial charge in [0.15, 0.2) is 0 Å². The molecular formula is C12H22O2. The van der Waals surface area contributed by atoms with Crippen molar-refractivity contribution in [3.8, 4) is 0 Å². The maximum Gasteiger partial charge on any atom is 0.302 e. The van der Waals surface area contributed by atoms with Crippen LogP contribution in [0.2, 0.25) is 0 Å². The van der Waals surface area contributed by atoms with E-state index in [-0.39, 0.29) is 5.97 Å². The molecule has 0 aliphatic carbocycles. The van der Waals surface area contributed by atoms with Crippen LogP contribution < -0.4 is 0 Å². The van der Waals surface area contributed by atoms with E-state index in [1.807, 2.05) is 0 Å². The first kappa shape index (κ1) is 13.2. The molecule has 0 aromatic heterocycles. The molecule has 0 aliphatic rings. The van der Waals surface area contributed by atoms with E-state index >= 15 is 0 Å². The topological polar surface area (TPSA) is 26.3 Å². The van der Waals surface area contributed by atoms with Gasteiger partial charge in [-0.05, 0) is 17.9 Å². The summed E-state index contributed by atoms with van der Waals surface area (Å²) in [5.74, 6) is 0.378. The average molecular weight is 198 g/mol. The maximum absolute atomic E-state index is 10.7. The lowest BCUT2D eigenvalue weighted by molar-refractivity contribution is -0.140. The Morgan fingerprint density at radius 3 is 2.50 bits per heavy atom. The molecule has 82 valence electrons. The molecule has 0 aliphatic heterocycles. The minimum atomic E-state index is -0.198. The predicted molar refractivity (Wildman–Crippen MR) is 59.1 cm³/mol. The first-order valence-corrected chi connectivity index (χ1v) is 5.43. The minimum Gasteiger partial charge on any atom is -0.461 e. The summed E-state index contributed by atoms with van der Waals surface area (Å²) in [7, 11) is 0. The largest absolute Gasteiger partial charge is 0.461 e. The van der Waals surface area contributed by atoms with Gasteiger partial charge in [-0.1, -0.05) is 39.7 Å². The van der Waals surface area contributed by atoms with Crippen molar-refractivity contribution in [1.82, 2.24) is 0 Å². The van der Waals surface area contributed by atoms with Gasteiger partial charge in [-0.15, -0.1) is 0 Å². The zero-order chi connectivity index (χ0) is 11.0. The van der Waals surface area contributed by atoms with Crippen LogP contribution in [-0.4, -0.2) is 12.6 Å². The van der Waals surface area contributed by atoms with Gasteiger partial charge >= 0.3 is 5.97 Å². The summed E-state index contributed by atoms with van der Waals surface area (Å²) in [6, 6.07) is 0. The summed E-state index contributed by atoms with van der Waals surface area (Å²) >= 11 is 0. The predicted octanol–water partition coefficient (Wildman–Crippen LogP) is 3.32. The fraction of sp³-hybridized carbons (Fsp3) is 0.750. The van der Waals surface area contributed by atoms with Crippen LogP contribution in [0.15, 0.2) is 11.6 Å². The Bertz CT molecular complexity index is 194. The number of carbonyl (C=O) groups excluding carboxylic acids is 1. The van der Waals surface area contributed by atoms with Crippen molar-refractivity contribution in [2.45, 2.75) is 47.0 Å². The maximum atomic E-state index is 10.7. The van der Waals surface area contributed by atoms with E-state index in [2.05, 4.69) is 26.8 Å². The number of carbonyl (C=O) groups is 1. The molecule has 0 spiro atoms. The summed E-state index contributed by atoms with van der Waals surface area (Å²) in [4.78, 5) is 10.7. The van der Waals surface area contributed by atoms with Gasteiger partial charge < -0.3 is 4.74 Å². The molecule has 2 heteroatoms. The Labute approximate surface area is 87.3 Å². The average Bonchev–Trinajstić information content (AvgIpc) is 2.14. The molecule has 0 aromatic carbocycles. The molecule has 1 atom stereocenters. The van der Waals surface area contributed by atoms with Gasteiger partial charge in [-0.25, -0.2) is 0 Å². The summed E-state index contributed by atoms with van der Waals surface area (Å²) in [6.07, 6.45) is 5.49. The lowest BCUT2D eigenvalue weighted by atomic mass is 10.0. The highest BCUT2D eigenvalue weighted by molar-refractivity contribution is 5.66. The molecular weight excluding hydrogens is 176 g/mol. The van der Waals surface area contributed by atoms with Crippen LogP contribution in [0.1, 0.15) is 47.0 Å². The highest BCUT2D eigenvalue weighted by Gasteiger charge is 2.02. The molecule has 0 N–H and O–H groups in total. The molecule has 0 fully saturated rings. The van der Waals surface area contributed by atoms with E-state index in [4.69, 9.17) is 4.74 Å². The van der Waals surface area contributed by atoms with E-state index in [9.17, 15) is 4.79 Å². The number of hydrogen-bond donors (Lipinski definition) is 0. The Balaban J connectivity index is 4.12. The normalized spacial score (nSPS) is 13.9. The van der Waals surface area contributed by atoms with Gasteiger partial charge in [0.25, 0.3) is 0 Å². The van der Waals surface area contributed by atoms with Gasteiger partial charge in [0.2, 0.25) is 0 Å². The monoisotopic (exact) mass is 198 g/mol. The van der Waals surface area contributed by atoms with Crippen molar-refractivity contribution in [3.05, 3.63) is 11.6 Å². The number of ether oxygens (including phenoxy) is 1. The van der Waals surface area contributed by atoms with Crippen molar-refractivity contribution in [3.63, 3.8) is 0 Å². The van der Waals surface area contributed by atoms with Gasteiger partial charge in [-0.3, -0.25) is 4.79 Å². The second-order valence-electron chi connectivity index (χ2n) is 3.74. The van der Waals surface area contributed by atoms with E-state index in [0.717, 1.165) is 19.3 Å². The molecule has 1 unspecified atom stereocenters. The lowest BCUT2D eigenvalue weighted by Gasteiger charge is -2.09. The van der Waals surface area contributed by atoms with Crippen LogP contribution in [0.3, 0.4) is 0 Å². The highest BCUT2D eigenvalue weighted by atomic mass is 16.5. The first-order valence-electron chi connectivity index (χ1n) is 5.43. The van der Waals surface area contributed by atoms with Gasteiger partial charge in [-0.2, -0.15) is 0 Å². The second-order valence-corrected chi connectivity index (χ2v) is 3.74. The zero-order valence-corrected chi connectivity index (χ0v) is 9.80. The van der Waals surface area contributed by atoms with E-state index in [1.165, 1.54) is 12.5 Å². The third-order valence-electron chi connectivity index (χ3n) is 2.20. The van der Waals surface area contributed by atoms with Crippen LogP contribution in [0.4, 0.5) is 0 Å². The Hall–Kier alpha value is -0.790. The molecule has 0 rings (SSSR count). The molecule has 2 nitrogen and oxygen atoms in total. The SMILES string of the molecule is CCC/C(=C\C(C)CC)COC(C)=O. The van der Waals surface area contributed by atoms with E-state index < -0.39 is 0 Å². The quantitative estimate of drug-likeness (QED) is 0.483. The van der Waals surface area contributed by atoms with Crippen LogP contribution >= 0.6 is 0 Å². The number of allylic oxidation sites excluding steroid dienone is 1. The third-order valence-corrected chi connectivity index (χ3v) is 2.20. The molecule has 0 heterocycles. The number of esters is 1. The summed E-state index contributed by atoms with van der Waals surface area (Å²) in [6.45, 7) is 8.40. The standard InChI is InChI=1S/C12H22O2/c1-5-7-12(8-10(3)6-2)9-14-11(4)13/h8,10H,5-7,9H2,1-4H3/b12-8+. The summed E-state index contributed by atoms with van der Waals surface area (Å²) in [5.41, 5.74) is 1.25. The van der Waals surface area contributed by atoms with Crippen molar-refractivity contribution in [2.24, 2.45) is 5.92 Å². The van der Waals surface area contributed by atoms with Gasteiger partial charge in [0.05, 0.1) is 0 Å². The van der Waals surface area contributed by atoms with Crippen molar-refractivity contribution >= 4 is 5.97 Å². The van der Waals surface area contributed by atoms with Crippen LogP contribution in [-0.2, 0) is 9.53 Å². The lowest BCUT2D eigenvalue weighted by Crippen LogP contribution is -2.04. The van der Waals surface area contributed by atoms with Crippen molar-refractivity contribution in [1.29, 1.82) is 0 Å². The van der Waals surface area contributed by atoms with E-state index in [1.54, 1.807) is 0 Å². The van der Waals surface area contributed by atoms with Crippen molar-refractivity contribution < 1.29 is 9.53 Å². The van der Waals surface area contributed by atoms with E-state index in [0.29, 0.717) is 12.5 Å². The van der Waals surface area contributed by atoms with Crippen LogP contribution in [0, 0.1) is 5.92 Å². The molecule has 0 aromatic rings. The van der Waals surface area contributed by atoms with Crippen molar-refractivity contribution in [2.75, 3.05) is 6.61 Å². The van der Waals surface area contributed by atoms with Gasteiger partial charge in [0, 0.05) is 6.92 Å². The molecule has 0 saturated heterocycles. The molecule has 0 amide bonds. The molecule has 0 saturated carbocycles. The Morgan fingerprint density at radius 2 is 2.07 bits per heavy atom. The molecule has 0 bridgehead atoms. The van der Waals surface area contributed by atoms with Crippen LogP contribution in [0.25, 0.3) is 0 Å². The number of rotatable bonds is 6. The van der Waals surface area contributed by atoms with Gasteiger partial charge in [0.1, 0.15) is 6.61 Å². The Kier molecular flexibility index (Phi) is 7.17. The summed E-state index contributed by atoms with van der Waals surface area (Å²) in [5, 5.41) is 0. The first-order chi connectivity index (χ1) is 6.60. The minimum absolute atomic E-state index is 0.198. The second kappa shape index (κ2) is 7.60. The molecule has 14 heavy (non-hydrogen) atoms. The smallest absolute Gasteiger partial charge is 0.302 e. The third kappa shape index (κ3) is 6.70. The molecule has 0 radical (unpaired) electrons. The number of hydrogen-bond acceptors (Lipinski definition) is 2. The highest BCUT2D eigenvalue weighted by Crippen LogP contribution is 2.12. The zero-order valence-electron chi connectivity index (χ0n) is 9.80. The fourth-order valence-electron chi connectivity index (χ4n) is 1.24. The fourth-order valence-corrected chi connectivity index (χ4v) is 1.24. The van der Waals surface area contributed by atoms with Crippen LogP contribution in [0.5, 0.6) is 0 Å². The summed E-state index contributed by atoms with van der Waals surface area (Å²) < 4.78 is 4.99. The Morgan fingerprint density at radius 1 is 1.43 bits per heavy atom.